The smallest absolute Gasteiger partial charge is 0.0543 e. The summed E-state index contributed by atoms with van der Waals surface area (Å²) in [4.78, 5) is 2.56. The van der Waals surface area contributed by atoms with E-state index in [1.165, 1.54) is 103 Å². The van der Waals surface area contributed by atoms with E-state index >= 15 is 0 Å². The Kier molecular flexibility index (Phi) is 7.83. The Morgan fingerprint density at radius 3 is 1.85 bits per heavy atom. The molecule has 2 fully saturated rings. The number of hydrogen-bond acceptors (Lipinski definition) is 1. The maximum absolute atomic E-state index is 2.57. The van der Waals surface area contributed by atoms with Crippen LogP contribution < -0.4 is 4.90 Å². The van der Waals surface area contributed by atoms with Crippen LogP contribution in [0.2, 0.25) is 0 Å². The number of benzene rings is 8. The molecule has 3 aliphatic rings. The zero-order valence-electron chi connectivity index (χ0n) is 33.9. The second-order valence-electron chi connectivity index (χ2n) is 17.9. The molecule has 0 N–H and O–H groups in total. The van der Waals surface area contributed by atoms with E-state index in [0.29, 0.717) is 11.8 Å². The Balaban J connectivity index is 0.996. The highest BCUT2D eigenvalue weighted by Crippen LogP contribution is 2.66. The number of anilines is 3. The summed E-state index contributed by atoms with van der Waals surface area (Å²) in [5.41, 5.74) is 15.7. The molecule has 59 heavy (non-hydrogen) atoms. The SMILES string of the molecule is C[C@H]1C[C@@H]2C[C@H](C1)C1(c3ccccc3-c3c(N(c4ccc(-c5ccc(-n6c7ccccc7c7ccccc76)cc5)cc4)c4cccc5ccccc45)cccc31)[C@H](C)C2. The van der Waals surface area contributed by atoms with Crippen molar-refractivity contribution in [1.82, 2.24) is 4.57 Å². The number of fused-ring (bicyclic) bond motifs is 12. The summed E-state index contributed by atoms with van der Waals surface area (Å²) in [5.74, 6) is 2.87. The molecule has 2 saturated carbocycles. The Bertz CT molecular complexity index is 3000. The molecule has 0 amide bonds. The number of aromatic nitrogens is 1. The summed E-state index contributed by atoms with van der Waals surface area (Å²) in [6.45, 7) is 5.08. The van der Waals surface area contributed by atoms with Crippen LogP contribution in [0.4, 0.5) is 17.1 Å². The lowest BCUT2D eigenvalue weighted by Gasteiger charge is -2.54. The second-order valence-corrected chi connectivity index (χ2v) is 17.9. The third-order valence-corrected chi connectivity index (χ3v) is 14.7. The molecule has 286 valence electrons. The number of para-hydroxylation sites is 2. The van der Waals surface area contributed by atoms with E-state index in [-0.39, 0.29) is 5.41 Å². The molecule has 2 bridgehead atoms. The van der Waals surface area contributed by atoms with Crippen LogP contribution >= 0.6 is 0 Å². The van der Waals surface area contributed by atoms with Gasteiger partial charge in [0.2, 0.25) is 0 Å². The van der Waals surface area contributed by atoms with E-state index in [1.807, 2.05) is 0 Å². The lowest BCUT2D eigenvalue weighted by Crippen LogP contribution is -2.49. The van der Waals surface area contributed by atoms with Crippen LogP contribution in [0.3, 0.4) is 0 Å². The van der Waals surface area contributed by atoms with Crippen LogP contribution in [-0.4, -0.2) is 4.57 Å². The molecular formula is C57H48N2. The summed E-state index contributed by atoms with van der Waals surface area (Å²) in [6, 6.07) is 68.2. The molecule has 9 aromatic rings. The number of hydrogen-bond donors (Lipinski definition) is 0. The first kappa shape index (κ1) is 34.6. The summed E-state index contributed by atoms with van der Waals surface area (Å²) < 4.78 is 2.39. The molecule has 0 radical (unpaired) electrons. The highest BCUT2D eigenvalue weighted by Gasteiger charge is 2.57. The molecule has 5 atom stereocenters. The molecule has 0 aliphatic heterocycles. The van der Waals surface area contributed by atoms with Crippen molar-refractivity contribution in [2.75, 3.05) is 4.90 Å². The topological polar surface area (TPSA) is 8.17 Å². The van der Waals surface area contributed by atoms with E-state index in [1.54, 1.807) is 11.1 Å². The fourth-order valence-corrected chi connectivity index (χ4v) is 12.5. The maximum atomic E-state index is 2.57. The molecule has 1 heterocycles. The molecule has 12 rings (SSSR count). The molecular weight excluding hydrogens is 713 g/mol. The molecule has 1 spiro atoms. The standard InChI is InChI=1S/C57H48N2/c1-37-33-39-35-38(2)57(43(34-37)36-39)50-19-8-5-18-49(50)56-51(57)20-12-24-55(56)59(52-23-11-14-42-13-3-4-15-46(42)52)45-31-27-41(28-32-45)40-25-29-44(30-26-40)58-53-21-9-6-16-47(53)48-17-7-10-22-54(48)58/h3-32,37-39,43H,33-36H2,1-2H3/t37-,38+,39-,43-,57?/m0/s1. The normalized spacial score (nSPS) is 21.9. The van der Waals surface area contributed by atoms with Gasteiger partial charge in [-0.3, -0.25) is 0 Å². The van der Waals surface area contributed by atoms with Gasteiger partial charge in [-0.15, -0.1) is 0 Å². The van der Waals surface area contributed by atoms with Gasteiger partial charge < -0.3 is 9.47 Å². The monoisotopic (exact) mass is 760 g/mol. The minimum Gasteiger partial charge on any atom is -0.309 e. The summed E-state index contributed by atoms with van der Waals surface area (Å²) in [6.07, 6.45) is 5.36. The zero-order chi connectivity index (χ0) is 39.2. The average molecular weight is 761 g/mol. The van der Waals surface area contributed by atoms with Gasteiger partial charge in [-0.05, 0) is 131 Å². The largest absolute Gasteiger partial charge is 0.309 e. The summed E-state index contributed by atoms with van der Waals surface area (Å²) in [5, 5.41) is 5.08. The molecule has 0 saturated heterocycles. The summed E-state index contributed by atoms with van der Waals surface area (Å²) in [7, 11) is 0. The Labute approximate surface area is 347 Å². The van der Waals surface area contributed by atoms with Crippen LogP contribution in [0.5, 0.6) is 0 Å². The third kappa shape index (κ3) is 5.12. The van der Waals surface area contributed by atoms with Gasteiger partial charge in [-0.2, -0.15) is 0 Å². The van der Waals surface area contributed by atoms with Gasteiger partial charge in [0.1, 0.15) is 0 Å². The zero-order valence-corrected chi connectivity index (χ0v) is 33.9. The van der Waals surface area contributed by atoms with E-state index < -0.39 is 0 Å². The van der Waals surface area contributed by atoms with E-state index in [0.717, 1.165) is 11.8 Å². The van der Waals surface area contributed by atoms with Crippen molar-refractivity contribution in [3.63, 3.8) is 0 Å². The lowest BCUT2D eigenvalue weighted by atomic mass is 9.49. The molecule has 1 unspecified atom stereocenters. The van der Waals surface area contributed by atoms with Gasteiger partial charge >= 0.3 is 0 Å². The van der Waals surface area contributed by atoms with Gasteiger partial charge in [0, 0.05) is 38.5 Å². The first-order valence-corrected chi connectivity index (χ1v) is 21.8. The van der Waals surface area contributed by atoms with Crippen LogP contribution in [-0.2, 0) is 5.41 Å². The van der Waals surface area contributed by atoms with Crippen molar-refractivity contribution < 1.29 is 0 Å². The van der Waals surface area contributed by atoms with Crippen molar-refractivity contribution in [3.8, 4) is 27.9 Å². The average Bonchev–Trinajstić information content (AvgIpc) is 3.78. The molecule has 2 heteroatoms. The van der Waals surface area contributed by atoms with E-state index in [2.05, 4.69) is 205 Å². The van der Waals surface area contributed by atoms with Crippen LogP contribution in [0.1, 0.15) is 50.7 Å². The van der Waals surface area contributed by atoms with E-state index in [9.17, 15) is 0 Å². The third-order valence-electron chi connectivity index (χ3n) is 14.7. The first-order chi connectivity index (χ1) is 29.1. The fourth-order valence-electron chi connectivity index (χ4n) is 12.5. The van der Waals surface area contributed by atoms with Crippen LogP contribution in [0.15, 0.2) is 182 Å². The van der Waals surface area contributed by atoms with Crippen molar-refractivity contribution in [2.24, 2.45) is 23.7 Å². The van der Waals surface area contributed by atoms with Gasteiger partial charge in [0.25, 0.3) is 0 Å². The minimum absolute atomic E-state index is 0.0345. The van der Waals surface area contributed by atoms with Crippen molar-refractivity contribution in [3.05, 3.63) is 193 Å². The van der Waals surface area contributed by atoms with Gasteiger partial charge in [-0.25, -0.2) is 0 Å². The van der Waals surface area contributed by atoms with Crippen LogP contribution in [0, 0.1) is 23.7 Å². The number of nitrogens with zero attached hydrogens (tertiary/aromatic N) is 2. The predicted octanol–water partition coefficient (Wildman–Crippen LogP) is 15.4. The van der Waals surface area contributed by atoms with Crippen molar-refractivity contribution in [1.29, 1.82) is 0 Å². The van der Waals surface area contributed by atoms with E-state index in [4.69, 9.17) is 0 Å². The molecule has 1 aromatic heterocycles. The molecule has 3 aliphatic carbocycles. The number of rotatable bonds is 5. The highest BCUT2D eigenvalue weighted by molar-refractivity contribution is 6.09. The van der Waals surface area contributed by atoms with Gasteiger partial charge in [-0.1, -0.05) is 147 Å². The Morgan fingerprint density at radius 2 is 1.08 bits per heavy atom. The quantitative estimate of drug-likeness (QED) is 0.170. The summed E-state index contributed by atoms with van der Waals surface area (Å²) >= 11 is 0. The molecule has 8 aromatic carbocycles. The Morgan fingerprint density at radius 1 is 0.492 bits per heavy atom. The van der Waals surface area contributed by atoms with Gasteiger partial charge in [0.05, 0.1) is 22.4 Å². The first-order valence-electron chi connectivity index (χ1n) is 21.8. The second kappa shape index (κ2) is 13.3. The van der Waals surface area contributed by atoms with Gasteiger partial charge in [0.15, 0.2) is 0 Å². The minimum atomic E-state index is 0.0345. The maximum Gasteiger partial charge on any atom is 0.0543 e. The molecule has 2 nitrogen and oxygen atoms in total. The van der Waals surface area contributed by atoms with Crippen LogP contribution in [0.25, 0.3) is 60.5 Å². The Hall–Kier alpha value is -6.38. The fraction of sp³-hybridized carbons (Fsp3) is 0.193. The highest BCUT2D eigenvalue weighted by atomic mass is 15.1. The van der Waals surface area contributed by atoms with Crippen molar-refractivity contribution >= 4 is 49.6 Å². The van der Waals surface area contributed by atoms with Crippen molar-refractivity contribution in [2.45, 2.75) is 44.9 Å². The lowest BCUT2D eigenvalue weighted by molar-refractivity contribution is 0.0426. The predicted molar refractivity (Wildman–Crippen MR) is 248 cm³/mol.